The van der Waals surface area contributed by atoms with Crippen LogP contribution in [0.3, 0.4) is 0 Å². The van der Waals surface area contributed by atoms with Gasteiger partial charge in [0.15, 0.2) is 0 Å². The van der Waals surface area contributed by atoms with Crippen LogP contribution in [0.15, 0.2) is 33.1 Å². The first kappa shape index (κ1) is 9.81. The van der Waals surface area contributed by atoms with Crippen molar-refractivity contribution in [1.29, 1.82) is 10.5 Å². The molecule has 2 aromatic rings. The normalized spacial score (nSPS) is 9.47. The minimum atomic E-state index is -0.577. The summed E-state index contributed by atoms with van der Waals surface area (Å²) in [5, 5.41) is 17.1. The fraction of sp³-hybridized carbons (Fsp3) is 0. The maximum atomic E-state index is 8.56. The van der Waals surface area contributed by atoms with Crippen molar-refractivity contribution in [2.24, 2.45) is 0 Å². The number of nitriles is 2. The highest BCUT2D eigenvalue weighted by atomic mass is 127. The summed E-state index contributed by atoms with van der Waals surface area (Å²) in [4.78, 5) is 0. The second-order valence-electron chi connectivity index (χ2n) is 2.53. The molecular formula is C10H4IN2O2+. The van der Waals surface area contributed by atoms with Crippen LogP contribution in [0, 0.1) is 30.2 Å². The van der Waals surface area contributed by atoms with Crippen LogP contribution in [0.1, 0.15) is 11.5 Å². The quantitative estimate of drug-likeness (QED) is 0.649. The monoisotopic (exact) mass is 311 g/mol. The molecule has 15 heavy (non-hydrogen) atoms. The van der Waals surface area contributed by atoms with Gasteiger partial charge in [0, 0.05) is 12.1 Å². The Kier molecular flexibility index (Phi) is 2.75. The van der Waals surface area contributed by atoms with E-state index < -0.39 is 21.2 Å². The van der Waals surface area contributed by atoms with Crippen molar-refractivity contribution in [2.45, 2.75) is 0 Å². The lowest BCUT2D eigenvalue weighted by Crippen LogP contribution is -3.61. The van der Waals surface area contributed by atoms with Crippen molar-refractivity contribution in [1.82, 2.24) is 0 Å². The first-order chi connectivity index (χ1) is 7.31. The lowest BCUT2D eigenvalue weighted by molar-refractivity contribution is -0.636. The largest absolute Gasteiger partial charge is 0.443 e. The van der Waals surface area contributed by atoms with Crippen molar-refractivity contribution >= 4 is 0 Å². The van der Waals surface area contributed by atoms with Gasteiger partial charge in [-0.1, -0.05) is 0 Å². The van der Waals surface area contributed by atoms with Gasteiger partial charge in [-0.25, -0.2) is 0 Å². The number of halogens is 1. The number of hydrogen-bond donors (Lipinski definition) is 0. The first-order valence-corrected chi connectivity index (χ1v) is 6.12. The van der Waals surface area contributed by atoms with E-state index in [2.05, 4.69) is 0 Å². The minimum Gasteiger partial charge on any atom is -0.407 e. The predicted octanol–water partition coefficient (Wildman–Crippen LogP) is -1.26. The van der Waals surface area contributed by atoms with Gasteiger partial charge in [-0.05, 0) is 12.1 Å². The second kappa shape index (κ2) is 4.20. The third-order valence-corrected chi connectivity index (χ3v) is 3.78. The van der Waals surface area contributed by atoms with Crippen LogP contribution in [0.2, 0.25) is 0 Å². The van der Waals surface area contributed by atoms with Crippen LogP contribution in [0.5, 0.6) is 0 Å². The molecule has 0 radical (unpaired) electrons. The van der Waals surface area contributed by atoms with E-state index >= 15 is 0 Å². The molecule has 0 saturated carbocycles. The molecule has 0 aliphatic heterocycles. The molecule has 2 heterocycles. The fourth-order valence-electron chi connectivity index (χ4n) is 0.942. The molecule has 0 saturated heterocycles. The van der Waals surface area contributed by atoms with Gasteiger partial charge in [-0.3, -0.25) is 0 Å². The molecule has 0 N–H and O–H groups in total. The van der Waals surface area contributed by atoms with E-state index in [1.54, 1.807) is 24.3 Å². The lowest BCUT2D eigenvalue weighted by Gasteiger charge is -1.74. The maximum absolute atomic E-state index is 8.56. The Hall–Kier alpha value is -1.73. The Labute approximate surface area is 96.0 Å². The standard InChI is InChI=1S/C10H4IN2O2/c12-5-7-1-3-9(14-7)11-10-4-2-8(6-13)15-10/h1-4H/q+1. The molecule has 0 aliphatic rings. The van der Waals surface area contributed by atoms with Crippen LogP contribution < -0.4 is 21.2 Å². The van der Waals surface area contributed by atoms with Crippen LogP contribution in [0.4, 0.5) is 0 Å². The molecule has 0 aliphatic carbocycles. The third-order valence-electron chi connectivity index (χ3n) is 1.55. The summed E-state index contributed by atoms with van der Waals surface area (Å²) in [6.07, 6.45) is 0. The Morgan fingerprint density at radius 2 is 1.33 bits per heavy atom. The number of nitrogens with zero attached hydrogens (tertiary/aromatic N) is 2. The van der Waals surface area contributed by atoms with E-state index in [0.29, 0.717) is 11.5 Å². The molecule has 0 amide bonds. The zero-order valence-electron chi connectivity index (χ0n) is 7.40. The van der Waals surface area contributed by atoms with E-state index in [9.17, 15) is 0 Å². The van der Waals surface area contributed by atoms with Gasteiger partial charge in [0.2, 0.25) is 11.5 Å². The van der Waals surface area contributed by atoms with Crippen LogP contribution in [0.25, 0.3) is 0 Å². The summed E-state index contributed by atoms with van der Waals surface area (Å²) in [5.74, 6) is 0.605. The molecule has 0 atom stereocenters. The molecule has 2 rings (SSSR count). The molecule has 0 fully saturated rings. The van der Waals surface area contributed by atoms with Gasteiger partial charge in [0.05, 0.1) is 0 Å². The highest BCUT2D eigenvalue weighted by Crippen LogP contribution is 1.98. The maximum Gasteiger partial charge on any atom is 0.443 e. The lowest BCUT2D eigenvalue weighted by atomic mass is 10.5. The summed E-state index contributed by atoms with van der Waals surface area (Å²) in [5.41, 5.74) is 0. The molecule has 72 valence electrons. The van der Waals surface area contributed by atoms with Crippen molar-refractivity contribution in [3.8, 4) is 12.1 Å². The fourth-order valence-corrected chi connectivity index (χ4v) is 2.88. The highest BCUT2D eigenvalue weighted by molar-refractivity contribution is 5.15. The van der Waals surface area contributed by atoms with E-state index in [1.165, 1.54) is 0 Å². The van der Waals surface area contributed by atoms with Crippen molar-refractivity contribution < 1.29 is 30.0 Å². The third kappa shape index (κ3) is 2.20. The first-order valence-electron chi connectivity index (χ1n) is 3.96. The molecular weight excluding hydrogens is 307 g/mol. The summed E-state index contributed by atoms with van der Waals surface area (Å²) in [6.45, 7) is 0. The van der Waals surface area contributed by atoms with Gasteiger partial charge in [-0.2, -0.15) is 10.5 Å². The molecule has 0 bridgehead atoms. The van der Waals surface area contributed by atoms with E-state index in [1.807, 2.05) is 12.1 Å². The number of rotatable bonds is 2. The summed E-state index contributed by atoms with van der Waals surface area (Å²) in [7, 11) is 0. The topological polar surface area (TPSA) is 73.9 Å². The second-order valence-corrected chi connectivity index (χ2v) is 5.19. The molecule has 0 aromatic carbocycles. The number of furan rings is 2. The van der Waals surface area contributed by atoms with Crippen LogP contribution in [-0.2, 0) is 0 Å². The highest BCUT2D eigenvalue weighted by Gasteiger charge is 2.24. The SMILES string of the molecule is N#Cc1ccc([I+]c2ccc(C#N)o2)o1. The smallest absolute Gasteiger partial charge is 0.407 e. The Morgan fingerprint density at radius 3 is 1.67 bits per heavy atom. The predicted molar refractivity (Wildman–Crippen MR) is 44.2 cm³/mol. The Morgan fingerprint density at radius 1 is 0.867 bits per heavy atom. The molecule has 2 aromatic heterocycles. The van der Waals surface area contributed by atoms with Gasteiger partial charge >= 0.3 is 28.7 Å². The zero-order valence-corrected chi connectivity index (χ0v) is 9.56. The van der Waals surface area contributed by atoms with Crippen LogP contribution in [-0.4, -0.2) is 0 Å². The molecule has 4 nitrogen and oxygen atoms in total. The van der Waals surface area contributed by atoms with E-state index in [4.69, 9.17) is 19.4 Å². The zero-order chi connectivity index (χ0) is 10.7. The average Bonchev–Trinajstić information content (AvgIpc) is 2.87. The average molecular weight is 311 g/mol. The molecule has 0 unspecified atom stereocenters. The Bertz CT molecular complexity index is 506. The van der Waals surface area contributed by atoms with Crippen molar-refractivity contribution in [2.75, 3.05) is 0 Å². The van der Waals surface area contributed by atoms with Crippen LogP contribution >= 0.6 is 0 Å². The summed E-state index contributed by atoms with van der Waals surface area (Å²) in [6, 6.07) is 10.6. The van der Waals surface area contributed by atoms with Crippen molar-refractivity contribution in [3.05, 3.63) is 43.3 Å². The van der Waals surface area contributed by atoms with E-state index in [-0.39, 0.29) is 0 Å². The van der Waals surface area contributed by atoms with Gasteiger partial charge < -0.3 is 8.83 Å². The molecule has 5 heteroatoms. The molecule has 0 spiro atoms. The Balaban J connectivity index is 2.16. The van der Waals surface area contributed by atoms with Gasteiger partial charge in [-0.15, -0.1) is 0 Å². The van der Waals surface area contributed by atoms with Gasteiger partial charge in [0.25, 0.3) is 0 Å². The minimum absolute atomic E-state index is 0.303. The van der Waals surface area contributed by atoms with Crippen molar-refractivity contribution in [3.63, 3.8) is 0 Å². The number of hydrogen-bond acceptors (Lipinski definition) is 4. The summed E-state index contributed by atoms with van der Waals surface area (Å²) < 4.78 is 12.0. The van der Waals surface area contributed by atoms with E-state index in [0.717, 1.165) is 7.53 Å². The summed E-state index contributed by atoms with van der Waals surface area (Å²) >= 11 is -0.577. The van der Waals surface area contributed by atoms with Gasteiger partial charge in [0.1, 0.15) is 12.1 Å².